The van der Waals surface area contributed by atoms with Crippen LogP contribution in [0.2, 0.25) is 0 Å². The van der Waals surface area contributed by atoms with E-state index in [-0.39, 0.29) is 17.4 Å². The van der Waals surface area contributed by atoms with Gasteiger partial charge in [-0.25, -0.2) is 0 Å². The molecule has 2 heterocycles. The SMILES string of the molecule is Cc1ccc([C@@H]2/C(=C(\O)c3ccc(OC(C)C)cc3)C(=O)C(=O)N2CCN(C)C)o1. The number of hydrogen-bond acceptors (Lipinski definition) is 6. The van der Waals surface area contributed by atoms with Gasteiger partial charge in [0.05, 0.1) is 11.7 Å². The van der Waals surface area contributed by atoms with E-state index in [2.05, 4.69) is 0 Å². The minimum absolute atomic E-state index is 0.0219. The average Bonchev–Trinajstić information content (AvgIpc) is 3.21. The van der Waals surface area contributed by atoms with Crippen molar-refractivity contribution in [3.05, 3.63) is 59.1 Å². The zero-order chi connectivity index (χ0) is 22.0. The van der Waals surface area contributed by atoms with Gasteiger partial charge < -0.3 is 24.1 Å². The summed E-state index contributed by atoms with van der Waals surface area (Å²) >= 11 is 0. The quantitative estimate of drug-likeness (QED) is 0.427. The Labute approximate surface area is 176 Å². The molecule has 1 aromatic carbocycles. The molecule has 1 fully saturated rings. The van der Waals surface area contributed by atoms with Crippen molar-refractivity contribution in [3.8, 4) is 5.75 Å². The summed E-state index contributed by atoms with van der Waals surface area (Å²) in [6.45, 7) is 6.55. The summed E-state index contributed by atoms with van der Waals surface area (Å²) in [7, 11) is 3.78. The monoisotopic (exact) mass is 412 g/mol. The Kier molecular flexibility index (Phi) is 6.31. The van der Waals surface area contributed by atoms with Crippen LogP contribution in [0.5, 0.6) is 5.75 Å². The molecule has 7 heteroatoms. The number of aryl methyl sites for hydroxylation is 1. The summed E-state index contributed by atoms with van der Waals surface area (Å²) in [5.74, 6) is 0.192. The highest BCUT2D eigenvalue weighted by molar-refractivity contribution is 6.46. The molecule has 0 aliphatic carbocycles. The lowest BCUT2D eigenvalue weighted by Gasteiger charge is -2.24. The van der Waals surface area contributed by atoms with Gasteiger partial charge in [0, 0.05) is 18.7 Å². The van der Waals surface area contributed by atoms with Gasteiger partial charge >= 0.3 is 0 Å². The highest BCUT2D eigenvalue weighted by Gasteiger charge is 2.47. The lowest BCUT2D eigenvalue weighted by Crippen LogP contribution is -2.35. The van der Waals surface area contributed by atoms with Gasteiger partial charge in [-0.05, 0) is 71.3 Å². The fraction of sp³-hybridized carbons (Fsp3) is 0.391. The molecule has 1 N–H and O–H groups in total. The number of Topliss-reactive ketones (excluding diaryl/α,β-unsaturated/α-hetero) is 1. The van der Waals surface area contributed by atoms with Crippen LogP contribution < -0.4 is 4.74 Å². The molecule has 1 atom stereocenters. The Morgan fingerprint density at radius 2 is 1.83 bits per heavy atom. The molecule has 0 unspecified atom stereocenters. The fourth-order valence-corrected chi connectivity index (χ4v) is 3.43. The number of hydrogen-bond donors (Lipinski definition) is 1. The van der Waals surface area contributed by atoms with Crippen LogP contribution in [-0.4, -0.2) is 59.9 Å². The number of amides is 1. The van der Waals surface area contributed by atoms with Crippen LogP contribution in [0, 0.1) is 6.92 Å². The predicted octanol–water partition coefficient (Wildman–Crippen LogP) is 3.36. The summed E-state index contributed by atoms with van der Waals surface area (Å²) < 4.78 is 11.4. The highest BCUT2D eigenvalue weighted by Crippen LogP contribution is 2.40. The second kappa shape index (κ2) is 8.75. The molecule has 0 saturated carbocycles. The minimum atomic E-state index is -0.773. The topological polar surface area (TPSA) is 83.2 Å². The third kappa shape index (κ3) is 4.41. The van der Waals surface area contributed by atoms with E-state index in [1.807, 2.05) is 32.8 Å². The smallest absolute Gasteiger partial charge is 0.295 e. The van der Waals surface area contributed by atoms with Crippen LogP contribution in [0.4, 0.5) is 0 Å². The highest BCUT2D eigenvalue weighted by atomic mass is 16.5. The first kappa shape index (κ1) is 21.6. The zero-order valence-electron chi connectivity index (χ0n) is 18.0. The van der Waals surface area contributed by atoms with Gasteiger partial charge in [0.25, 0.3) is 11.7 Å². The number of aliphatic hydroxyl groups excluding tert-OH is 1. The number of ketones is 1. The average molecular weight is 412 g/mol. The van der Waals surface area contributed by atoms with Crippen molar-refractivity contribution in [1.82, 2.24) is 9.80 Å². The normalized spacial score (nSPS) is 18.6. The van der Waals surface area contributed by atoms with Crippen LogP contribution >= 0.6 is 0 Å². The molecule has 1 saturated heterocycles. The second-order valence-corrected chi connectivity index (χ2v) is 7.94. The van der Waals surface area contributed by atoms with E-state index < -0.39 is 17.7 Å². The molecule has 0 radical (unpaired) electrons. The van der Waals surface area contributed by atoms with E-state index in [4.69, 9.17) is 9.15 Å². The fourth-order valence-electron chi connectivity index (χ4n) is 3.43. The summed E-state index contributed by atoms with van der Waals surface area (Å²) in [4.78, 5) is 29.1. The van der Waals surface area contributed by atoms with Gasteiger partial charge in [-0.15, -0.1) is 0 Å². The van der Waals surface area contributed by atoms with Crippen molar-refractivity contribution >= 4 is 17.4 Å². The Morgan fingerprint density at radius 1 is 1.17 bits per heavy atom. The molecule has 1 aromatic heterocycles. The molecule has 1 aliphatic rings. The zero-order valence-corrected chi connectivity index (χ0v) is 18.0. The molecule has 3 rings (SSSR count). The summed E-state index contributed by atoms with van der Waals surface area (Å²) in [6.07, 6.45) is 0.0219. The minimum Gasteiger partial charge on any atom is -0.507 e. The molecule has 160 valence electrons. The first-order valence-corrected chi connectivity index (χ1v) is 9.95. The van der Waals surface area contributed by atoms with E-state index in [0.29, 0.717) is 35.9 Å². The maximum atomic E-state index is 12.9. The molecule has 0 spiro atoms. The van der Waals surface area contributed by atoms with Crippen molar-refractivity contribution in [2.45, 2.75) is 32.9 Å². The molecule has 7 nitrogen and oxygen atoms in total. The summed E-state index contributed by atoms with van der Waals surface area (Å²) in [6, 6.07) is 9.54. The van der Waals surface area contributed by atoms with E-state index in [0.717, 1.165) is 0 Å². The van der Waals surface area contributed by atoms with Crippen molar-refractivity contribution in [3.63, 3.8) is 0 Å². The number of furan rings is 1. The lowest BCUT2D eigenvalue weighted by molar-refractivity contribution is -0.140. The number of carbonyl (C=O) groups is 2. The van der Waals surface area contributed by atoms with Gasteiger partial charge in [-0.3, -0.25) is 9.59 Å². The van der Waals surface area contributed by atoms with Crippen LogP contribution in [0.1, 0.15) is 37.0 Å². The molecule has 30 heavy (non-hydrogen) atoms. The second-order valence-electron chi connectivity index (χ2n) is 7.94. The maximum absolute atomic E-state index is 12.9. The number of rotatable bonds is 7. The van der Waals surface area contributed by atoms with Crippen LogP contribution in [0.25, 0.3) is 5.76 Å². The molecular formula is C23H28N2O5. The standard InChI is InChI=1S/C23H28N2O5/c1-14(2)29-17-9-7-16(8-10-17)21(26)19-20(18-11-6-15(3)30-18)25(13-12-24(4)5)23(28)22(19)27/h6-11,14,20,26H,12-13H2,1-5H3/b21-19+/t20-/m1/s1. The van der Waals surface area contributed by atoms with Crippen LogP contribution in [0.15, 0.2) is 46.4 Å². The Balaban J connectivity index is 2.04. The predicted molar refractivity (Wildman–Crippen MR) is 113 cm³/mol. The van der Waals surface area contributed by atoms with Crippen LogP contribution in [-0.2, 0) is 9.59 Å². The molecule has 2 aromatic rings. The Bertz CT molecular complexity index is 956. The molecular weight excluding hydrogens is 384 g/mol. The maximum Gasteiger partial charge on any atom is 0.295 e. The van der Waals surface area contributed by atoms with Crippen LogP contribution in [0.3, 0.4) is 0 Å². The third-order valence-electron chi connectivity index (χ3n) is 4.86. The first-order valence-electron chi connectivity index (χ1n) is 9.95. The third-order valence-corrected chi connectivity index (χ3v) is 4.86. The molecule has 1 aliphatic heterocycles. The molecule has 1 amide bonds. The number of carbonyl (C=O) groups excluding carboxylic acids is 2. The summed E-state index contributed by atoms with van der Waals surface area (Å²) in [5.41, 5.74) is 0.468. The largest absolute Gasteiger partial charge is 0.507 e. The van der Waals surface area contributed by atoms with Gasteiger partial charge in [-0.2, -0.15) is 0 Å². The number of likely N-dealkylation sites (tertiary alicyclic amines) is 1. The van der Waals surface area contributed by atoms with E-state index in [9.17, 15) is 14.7 Å². The first-order chi connectivity index (χ1) is 14.2. The van der Waals surface area contributed by atoms with E-state index >= 15 is 0 Å². The van der Waals surface area contributed by atoms with Crippen molar-refractivity contribution in [2.24, 2.45) is 0 Å². The van der Waals surface area contributed by atoms with Crippen molar-refractivity contribution in [1.29, 1.82) is 0 Å². The number of ether oxygens (including phenoxy) is 1. The lowest BCUT2D eigenvalue weighted by atomic mass is 9.99. The van der Waals surface area contributed by atoms with Gasteiger partial charge in [0.1, 0.15) is 29.1 Å². The Hall–Kier alpha value is -3.06. The van der Waals surface area contributed by atoms with Gasteiger partial charge in [0.2, 0.25) is 0 Å². The Morgan fingerprint density at radius 3 is 2.37 bits per heavy atom. The van der Waals surface area contributed by atoms with Crippen molar-refractivity contribution < 1.29 is 23.8 Å². The summed E-state index contributed by atoms with van der Waals surface area (Å²) in [5, 5.41) is 11.0. The van der Waals surface area contributed by atoms with Gasteiger partial charge in [-0.1, -0.05) is 0 Å². The van der Waals surface area contributed by atoms with E-state index in [1.165, 1.54) is 4.90 Å². The van der Waals surface area contributed by atoms with Gasteiger partial charge in [0.15, 0.2) is 0 Å². The number of benzene rings is 1. The number of nitrogens with zero attached hydrogens (tertiary/aromatic N) is 2. The van der Waals surface area contributed by atoms with Crippen molar-refractivity contribution in [2.75, 3.05) is 27.2 Å². The molecule has 0 bridgehead atoms. The van der Waals surface area contributed by atoms with E-state index in [1.54, 1.807) is 43.3 Å². The number of aliphatic hydroxyl groups is 1. The number of likely N-dealkylation sites (N-methyl/N-ethyl adjacent to an activating group) is 1.